The zero-order valence-corrected chi connectivity index (χ0v) is 11.9. The molecule has 0 atom stereocenters. The number of aliphatic hydroxyl groups is 1. The van der Waals surface area contributed by atoms with Gasteiger partial charge in [-0.25, -0.2) is 0 Å². The van der Waals surface area contributed by atoms with Crippen molar-refractivity contribution in [3.8, 4) is 0 Å². The smallest absolute Gasteiger partial charge is 0.241 e. The summed E-state index contributed by atoms with van der Waals surface area (Å²) in [6.45, 7) is 0.332. The summed E-state index contributed by atoms with van der Waals surface area (Å²) < 4.78 is 0.849. The molecule has 0 radical (unpaired) electrons. The van der Waals surface area contributed by atoms with E-state index >= 15 is 0 Å². The number of hydrogen-bond donors (Lipinski definition) is 1. The Morgan fingerprint density at radius 2 is 2.00 bits per heavy atom. The van der Waals surface area contributed by atoms with Crippen molar-refractivity contribution in [1.82, 2.24) is 4.90 Å². The third kappa shape index (κ3) is 3.71. The third-order valence-electron chi connectivity index (χ3n) is 2.52. The molecule has 94 valence electrons. The first-order chi connectivity index (χ1) is 7.95. The molecule has 0 saturated carbocycles. The predicted molar refractivity (Wildman–Crippen MR) is 72.0 cm³/mol. The normalized spacial score (nSPS) is 10.2. The molecule has 0 spiro atoms. The zero-order chi connectivity index (χ0) is 13.0. The highest BCUT2D eigenvalue weighted by Crippen LogP contribution is 2.23. The van der Waals surface area contributed by atoms with Crippen molar-refractivity contribution in [1.29, 1.82) is 0 Å². The molecular weight excluding hydrogens is 284 g/mol. The second-order valence-electron chi connectivity index (χ2n) is 4.08. The summed E-state index contributed by atoms with van der Waals surface area (Å²) in [6.07, 6.45) is 0. The largest absolute Gasteiger partial charge is 0.392 e. The molecule has 1 amide bonds. The van der Waals surface area contributed by atoms with E-state index in [2.05, 4.69) is 15.9 Å². The van der Waals surface area contributed by atoms with E-state index in [0.717, 1.165) is 15.7 Å². The van der Waals surface area contributed by atoms with Crippen molar-refractivity contribution < 1.29 is 9.90 Å². The van der Waals surface area contributed by atoms with Gasteiger partial charge in [0.05, 0.1) is 13.2 Å². The van der Waals surface area contributed by atoms with E-state index in [4.69, 9.17) is 5.11 Å². The van der Waals surface area contributed by atoms with Gasteiger partial charge in [0, 0.05) is 31.3 Å². The Balaban J connectivity index is 2.79. The minimum Gasteiger partial charge on any atom is -0.392 e. The molecule has 0 aromatic heterocycles. The lowest BCUT2D eigenvalue weighted by Gasteiger charge is -2.21. The van der Waals surface area contributed by atoms with Crippen LogP contribution in [0.2, 0.25) is 0 Å². The SMILES string of the molecule is CN(C)C(=O)CN(C)c1ccc(CO)c(Br)c1. The van der Waals surface area contributed by atoms with Gasteiger partial charge >= 0.3 is 0 Å². The van der Waals surface area contributed by atoms with Crippen molar-refractivity contribution >= 4 is 27.5 Å². The van der Waals surface area contributed by atoms with E-state index < -0.39 is 0 Å². The first kappa shape index (κ1) is 14.0. The van der Waals surface area contributed by atoms with Gasteiger partial charge in [-0.2, -0.15) is 0 Å². The summed E-state index contributed by atoms with van der Waals surface area (Å²) in [5.74, 6) is 0.0508. The van der Waals surface area contributed by atoms with E-state index in [-0.39, 0.29) is 12.5 Å². The molecule has 1 rings (SSSR count). The molecule has 0 aliphatic carbocycles. The van der Waals surface area contributed by atoms with Gasteiger partial charge in [-0.3, -0.25) is 4.79 Å². The number of carbonyl (C=O) groups excluding carboxylic acids is 1. The monoisotopic (exact) mass is 300 g/mol. The van der Waals surface area contributed by atoms with E-state index in [1.165, 1.54) is 0 Å². The van der Waals surface area contributed by atoms with Crippen LogP contribution < -0.4 is 4.90 Å². The lowest BCUT2D eigenvalue weighted by molar-refractivity contribution is -0.127. The van der Waals surface area contributed by atoms with Crippen LogP contribution >= 0.6 is 15.9 Å². The van der Waals surface area contributed by atoms with E-state index in [0.29, 0.717) is 6.54 Å². The van der Waals surface area contributed by atoms with Gasteiger partial charge in [0.1, 0.15) is 0 Å². The summed E-state index contributed by atoms with van der Waals surface area (Å²) in [7, 11) is 5.34. The van der Waals surface area contributed by atoms with Crippen molar-refractivity contribution in [2.75, 3.05) is 32.6 Å². The van der Waals surface area contributed by atoms with Gasteiger partial charge in [0.25, 0.3) is 0 Å². The fraction of sp³-hybridized carbons (Fsp3) is 0.417. The minimum absolute atomic E-state index is 0.00120. The first-order valence-corrected chi connectivity index (χ1v) is 6.05. The average molecular weight is 301 g/mol. The quantitative estimate of drug-likeness (QED) is 0.916. The fourth-order valence-corrected chi connectivity index (χ4v) is 1.83. The van der Waals surface area contributed by atoms with Crippen LogP contribution in [0.5, 0.6) is 0 Å². The second kappa shape index (κ2) is 6.02. The molecule has 5 heteroatoms. The van der Waals surface area contributed by atoms with Crippen LogP contribution in [0.3, 0.4) is 0 Å². The minimum atomic E-state index is 0.00120. The number of rotatable bonds is 4. The van der Waals surface area contributed by atoms with Gasteiger partial charge in [-0.1, -0.05) is 22.0 Å². The van der Waals surface area contributed by atoms with E-state index in [1.54, 1.807) is 19.0 Å². The van der Waals surface area contributed by atoms with Gasteiger partial charge in [0.15, 0.2) is 0 Å². The number of nitrogens with zero attached hydrogens (tertiary/aromatic N) is 2. The predicted octanol–water partition coefficient (Wildman–Crippen LogP) is 1.47. The average Bonchev–Trinajstić information content (AvgIpc) is 2.28. The Hall–Kier alpha value is -1.07. The Labute approximate surface area is 110 Å². The van der Waals surface area contributed by atoms with Crippen LogP contribution in [-0.2, 0) is 11.4 Å². The van der Waals surface area contributed by atoms with Gasteiger partial charge < -0.3 is 14.9 Å². The lowest BCUT2D eigenvalue weighted by atomic mass is 10.2. The molecule has 4 nitrogen and oxygen atoms in total. The first-order valence-electron chi connectivity index (χ1n) is 5.26. The second-order valence-corrected chi connectivity index (χ2v) is 4.93. The molecule has 17 heavy (non-hydrogen) atoms. The Morgan fingerprint density at radius 1 is 1.35 bits per heavy atom. The number of anilines is 1. The summed E-state index contributed by atoms with van der Waals surface area (Å²) in [5, 5.41) is 9.06. The Morgan fingerprint density at radius 3 is 2.47 bits per heavy atom. The maximum atomic E-state index is 11.6. The van der Waals surface area contributed by atoms with Crippen LogP contribution in [0.1, 0.15) is 5.56 Å². The number of likely N-dealkylation sites (N-methyl/N-ethyl adjacent to an activating group) is 2. The van der Waals surface area contributed by atoms with Crippen molar-refractivity contribution in [3.63, 3.8) is 0 Å². The van der Waals surface area contributed by atoms with Gasteiger partial charge in [-0.15, -0.1) is 0 Å². The molecule has 1 aromatic rings. The zero-order valence-electron chi connectivity index (χ0n) is 10.3. The standard InChI is InChI=1S/C12H17BrN2O2/c1-14(2)12(17)7-15(3)10-5-4-9(8-16)11(13)6-10/h4-6,16H,7-8H2,1-3H3. The van der Waals surface area contributed by atoms with Crippen molar-refractivity contribution in [2.24, 2.45) is 0 Å². The number of aliphatic hydroxyl groups excluding tert-OH is 1. The fourth-order valence-electron chi connectivity index (χ4n) is 1.34. The highest BCUT2D eigenvalue weighted by atomic mass is 79.9. The van der Waals surface area contributed by atoms with Crippen LogP contribution in [0.15, 0.2) is 22.7 Å². The highest BCUT2D eigenvalue weighted by molar-refractivity contribution is 9.10. The summed E-state index contributed by atoms with van der Waals surface area (Å²) in [4.78, 5) is 15.0. The maximum Gasteiger partial charge on any atom is 0.241 e. The highest BCUT2D eigenvalue weighted by Gasteiger charge is 2.10. The topological polar surface area (TPSA) is 43.8 Å². The number of hydrogen-bond acceptors (Lipinski definition) is 3. The maximum absolute atomic E-state index is 11.6. The van der Waals surface area contributed by atoms with Gasteiger partial charge in [0.2, 0.25) is 5.91 Å². The van der Waals surface area contributed by atoms with Crippen molar-refractivity contribution in [2.45, 2.75) is 6.61 Å². The van der Waals surface area contributed by atoms with Crippen LogP contribution in [0.4, 0.5) is 5.69 Å². The molecule has 0 fully saturated rings. The van der Waals surface area contributed by atoms with E-state index in [1.807, 2.05) is 30.1 Å². The molecule has 0 heterocycles. The third-order valence-corrected chi connectivity index (χ3v) is 3.26. The summed E-state index contributed by atoms with van der Waals surface area (Å²) >= 11 is 3.39. The Kier molecular flexibility index (Phi) is 4.96. The molecule has 0 saturated heterocycles. The molecule has 1 aromatic carbocycles. The molecular formula is C12H17BrN2O2. The number of benzene rings is 1. The number of amides is 1. The van der Waals surface area contributed by atoms with Crippen LogP contribution in [0.25, 0.3) is 0 Å². The van der Waals surface area contributed by atoms with Gasteiger partial charge in [-0.05, 0) is 17.7 Å². The van der Waals surface area contributed by atoms with Crippen molar-refractivity contribution in [3.05, 3.63) is 28.2 Å². The number of halogens is 1. The Bertz CT molecular complexity index is 407. The molecule has 1 N–H and O–H groups in total. The molecule has 0 aliphatic rings. The number of carbonyl (C=O) groups is 1. The summed E-state index contributed by atoms with van der Waals surface area (Å²) in [5.41, 5.74) is 1.77. The van der Waals surface area contributed by atoms with E-state index in [9.17, 15) is 4.79 Å². The van der Waals surface area contributed by atoms with Crippen LogP contribution in [-0.4, -0.2) is 43.6 Å². The lowest BCUT2D eigenvalue weighted by Crippen LogP contribution is -2.34. The molecule has 0 bridgehead atoms. The molecule has 0 unspecified atom stereocenters. The summed E-state index contributed by atoms with van der Waals surface area (Å²) in [6, 6.07) is 5.63. The van der Waals surface area contributed by atoms with Crippen LogP contribution in [0, 0.1) is 0 Å². The molecule has 0 aliphatic heterocycles.